The number of fused-ring (bicyclic) bond motifs is 2. The molecule has 2 aromatic rings. The van der Waals surface area contributed by atoms with Crippen molar-refractivity contribution in [2.45, 2.75) is 40.2 Å². The van der Waals surface area contributed by atoms with Crippen LogP contribution in [0.2, 0.25) is 0 Å². The second-order valence-corrected chi connectivity index (χ2v) is 5.95. The zero-order chi connectivity index (χ0) is 15.0. The zero-order valence-electron chi connectivity index (χ0n) is 13.0. The lowest BCUT2D eigenvalue weighted by Crippen LogP contribution is -2.31. The predicted octanol–water partition coefficient (Wildman–Crippen LogP) is 3.30. The van der Waals surface area contributed by atoms with Gasteiger partial charge in [-0.25, -0.2) is 0 Å². The predicted molar refractivity (Wildman–Crippen MR) is 85.2 cm³/mol. The molecule has 1 aliphatic heterocycles. The minimum atomic E-state index is 0.474. The summed E-state index contributed by atoms with van der Waals surface area (Å²) in [5, 5.41) is 10.4. The number of nitriles is 1. The third kappa shape index (κ3) is 2.41. The molecule has 3 nitrogen and oxygen atoms in total. The van der Waals surface area contributed by atoms with Crippen molar-refractivity contribution >= 4 is 10.9 Å². The fourth-order valence-electron chi connectivity index (χ4n) is 3.39. The Morgan fingerprint density at radius 1 is 1.33 bits per heavy atom. The Balaban J connectivity index is 2.30. The van der Waals surface area contributed by atoms with Gasteiger partial charge in [-0.15, -0.1) is 0 Å². The minimum absolute atomic E-state index is 0.474. The molecule has 0 spiro atoms. The first-order valence-electron chi connectivity index (χ1n) is 7.65. The van der Waals surface area contributed by atoms with Gasteiger partial charge < -0.3 is 0 Å². The number of aryl methyl sites for hydroxylation is 2. The second kappa shape index (κ2) is 5.46. The lowest BCUT2D eigenvalue weighted by Gasteiger charge is -2.29. The molecule has 0 amide bonds. The van der Waals surface area contributed by atoms with Crippen molar-refractivity contribution in [1.82, 2.24) is 9.88 Å². The van der Waals surface area contributed by atoms with E-state index in [0.29, 0.717) is 6.42 Å². The van der Waals surface area contributed by atoms with Gasteiger partial charge in [-0.3, -0.25) is 9.88 Å². The maximum absolute atomic E-state index is 9.26. The third-order valence-corrected chi connectivity index (χ3v) is 4.48. The lowest BCUT2D eigenvalue weighted by molar-refractivity contribution is 0.265. The molecule has 1 aromatic heterocycles. The molecule has 0 unspecified atom stereocenters. The van der Waals surface area contributed by atoms with Gasteiger partial charge >= 0.3 is 0 Å². The van der Waals surface area contributed by atoms with Crippen LogP contribution in [-0.2, 0) is 19.4 Å². The van der Waals surface area contributed by atoms with E-state index < -0.39 is 0 Å². The van der Waals surface area contributed by atoms with Gasteiger partial charge in [0.2, 0.25) is 0 Å². The van der Waals surface area contributed by atoms with Crippen LogP contribution < -0.4 is 0 Å². The highest BCUT2D eigenvalue weighted by Crippen LogP contribution is 2.30. The first kappa shape index (κ1) is 14.0. The van der Waals surface area contributed by atoms with Crippen molar-refractivity contribution in [1.29, 1.82) is 5.26 Å². The van der Waals surface area contributed by atoms with Crippen LogP contribution in [0.3, 0.4) is 0 Å². The lowest BCUT2D eigenvalue weighted by atomic mass is 9.92. The molecule has 0 radical (unpaired) electrons. The summed E-state index contributed by atoms with van der Waals surface area (Å²) in [4.78, 5) is 7.36. The molecular formula is C18H21N3. The standard InChI is InChI=1S/C18H21N3/c1-4-21-8-6-17-16(11-21)14(5-7-19)15-10-12(2)9-13(3)18(15)20-17/h9-10H,4-6,8,11H2,1-3H3. The molecule has 0 saturated carbocycles. The van der Waals surface area contributed by atoms with Crippen molar-refractivity contribution in [2.75, 3.05) is 13.1 Å². The van der Waals surface area contributed by atoms with E-state index in [1.807, 2.05) is 0 Å². The number of pyridine rings is 1. The number of hydrogen-bond donors (Lipinski definition) is 0. The van der Waals surface area contributed by atoms with Gasteiger partial charge in [-0.1, -0.05) is 18.6 Å². The van der Waals surface area contributed by atoms with Crippen LogP contribution >= 0.6 is 0 Å². The van der Waals surface area contributed by atoms with E-state index in [0.717, 1.165) is 31.6 Å². The Bertz CT molecular complexity index is 740. The number of benzene rings is 1. The monoisotopic (exact) mass is 279 g/mol. The van der Waals surface area contributed by atoms with Crippen LogP contribution in [0.1, 0.15) is 34.9 Å². The Kier molecular flexibility index (Phi) is 3.65. The van der Waals surface area contributed by atoms with Crippen LogP contribution in [0, 0.1) is 25.2 Å². The number of likely N-dealkylation sites (N-methyl/N-ethyl adjacent to an activating group) is 1. The first-order chi connectivity index (χ1) is 10.1. The van der Waals surface area contributed by atoms with Gasteiger partial charge in [0, 0.05) is 30.6 Å². The van der Waals surface area contributed by atoms with Gasteiger partial charge in [0.05, 0.1) is 18.0 Å². The van der Waals surface area contributed by atoms with Gasteiger partial charge in [-0.05, 0) is 43.1 Å². The molecule has 0 atom stereocenters. The van der Waals surface area contributed by atoms with Crippen LogP contribution in [0.15, 0.2) is 12.1 Å². The summed E-state index contributed by atoms with van der Waals surface area (Å²) in [7, 11) is 0. The van der Waals surface area contributed by atoms with E-state index in [1.165, 1.54) is 33.3 Å². The zero-order valence-corrected chi connectivity index (χ0v) is 13.0. The smallest absolute Gasteiger partial charge is 0.0737 e. The van der Waals surface area contributed by atoms with Crippen molar-refractivity contribution in [3.63, 3.8) is 0 Å². The summed E-state index contributed by atoms with van der Waals surface area (Å²) in [5.74, 6) is 0. The van der Waals surface area contributed by atoms with Crippen LogP contribution in [0.25, 0.3) is 10.9 Å². The number of aromatic nitrogens is 1. The molecule has 1 aromatic carbocycles. The Labute approximate surface area is 126 Å². The molecule has 1 aliphatic rings. The van der Waals surface area contributed by atoms with Crippen molar-refractivity contribution in [2.24, 2.45) is 0 Å². The molecule has 108 valence electrons. The summed E-state index contributed by atoms with van der Waals surface area (Å²) >= 11 is 0. The van der Waals surface area contributed by atoms with Gasteiger partial charge in [-0.2, -0.15) is 5.26 Å². The average Bonchev–Trinajstić information content (AvgIpc) is 2.47. The van der Waals surface area contributed by atoms with Gasteiger partial charge in [0.15, 0.2) is 0 Å². The molecule has 3 rings (SSSR count). The van der Waals surface area contributed by atoms with E-state index in [1.54, 1.807) is 0 Å². The third-order valence-electron chi connectivity index (χ3n) is 4.48. The summed E-state index contributed by atoms with van der Waals surface area (Å²) in [6, 6.07) is 6.72. The maximum Gasteiger partial charge on any atom is 0.0737 e. The topological polar surface area (TPSA) is 39.9 Å². The highest BCUT2D eigenvalue weighted by Gasteiger charge is 2.22. The molecule has 0 fully saturated rings. The number of hydrogen-bond acceptors (Lipinski definition) is 3. The number of nitrogens with zero attached hydrogens (tertiary/aromatic N) is 3. The summed E-state index contributed by atoms with van der Waals surface area (Å²) < 4.78 is 0. The summed E-state index contributed by atoms with van der Waals surface area (Å²) in [6.07, 6.45) is 1.46. The highest BCUT2D eigenvalue weighted by molar-refractivity contribution is 5.87. The molecule has 0 aliphatic carbocycles. The summed E-state index contributed by atoms with van der Waals surface area (Å²) in [5.41, 5.74) is 7.22. The van der Waals surface area contributed by atoms with Crippen molar-refractivity contribution < 1.29 is 0 Å². The molecule has 3 heteroatoms. The maximum atomic E-state index is 9.26. The van der Waals surface area contributed by atoms with E-state index in [4.69, 9.17) is 4.98 Å². The minimum Gasteiger partial charge on any atom is -0.299 e. The molecule has 0 saturated heterocycles. The second-order valence-electron chi connectivity index (χ2n) is 5.95. The van der Waals surface area contributed by atoms with E-state index >= 15 is 0 Å². The fraction of sp³-hybridized carbons (Fsp3) is 0.444. The molecule has 0 N–H and O–H groups in total. The van der Waals surface area contributed by atoms with E-state index in [9.17, 15) is 5.26 Å². The van der Waals surface area contributed by atoms with Crippen LogP contribution in [-0.4, -0.2) is 23.0 Å². The fourth-order valence-corrected chi connectivity index (χ4v) is 3.39. The normalized spacial score (nSPS) is 15.0. The Morgan fingerprint density at radius 3 is 2.86 bits per heavy atom. The Morgan fingerprint density at radius 2 is 2.14 bits per heavy atom. The molecular weight excluding hydrogens is 258 g/mol. The summed E-state index contributed by atoms with van der Waals surface area (Å²) in [6.45, 7) is 9.47. The molecule has 2 heterocycles. The molecule has 21 heavy (non-hydrogen) atoms. The van der Waals surface area contributed by atoms with Gasteiger partial charge in [0.1, 0.15) is 0 Å². The Hall–Kier alpha value is -1.92. The SMILES string of the molecule is CCN1CCc2nc3c(C)cc(C)cc3c(CC#N)c2C1. The van der Waals surface area contributed by atoms with Crippen LogP contribution in [0.4, 0.5) is 0 Å². The van der Waals surface area contributed by atoms with Crippen LogP contribution in [0.5, 0.6) is 0 Å². The number of rotatable bonds is 2. The van der Waals surface area contributed by atoms with E-state index in [-0.39, 0.29) is 0 Å². The largest absolute Gasteiger partial charge is 0.299 e. The highest BCUT2D eigenvalue weighted by atomic mass is 15.1. The van der Waals surface area contributed by atoms with E-state index in [2.05, 4.69) is 43.9 Å². The quantitative estimate of drug-likeness (QED) is 0.847. The first-order valence-corrected chi connectivity index (χ1v) is 7.65. The van der Waals surface area contributed by atoms with Crippen molar-refractivity contribution in [3.05, 3.63) is 40.1 Å². The average molecular weight is 279 g/mol. The molecule has 0 bridgehead atoms. The van der Waals surface area contributed by atoms with Crippen molar-refractivity contribution in [3.8, 4) is 6.07 Å². The van der Waals surface area contributed by atoms with Gasteiger partial charge in [0.25, 0.3) is 0 Å².